The Morgan fingerprint density at radius 3 is 2.89 bits per heavy atom. The highest BCUT2D eigenvalue weighted by Crippen LogP contribution is 2.37. The third kappa shape index (κ3) is 3.67. The van der Waals surface area contributed by atoms with Crippen LogP contribution in [-0.4, -0.2) is 23.7 Å². The topological polar surface area (TPSA) is 21.3 Å². The van der Waals surface area contributed by atoms with Gasteiger partial charge in [-0.1, -0.05) is 25.1 Å². The number of thioether (sulfide) groups is 1. The standard InChI is InChI=1S/C16H25NOS/c1-5-14(11-19-4)17-10-13-8-6-7-12-9-16(2,3)18-15(12)13/h6-8,14,17H,5,9-11H2,1-4H3. The summed E-state index contributed by atoms with van der Waals surface area (Å²) in [6.45, 7) is 7.46. The van der Waals surface area contributed by atoms with Gasteiger partial charge in [0.25, 0.3) is 0 Å². The predicted octanol–water partition coefficient (Wildman–Crippen LogP) is 3.63. The molecule has 0 amide bonds. The fourth-order valence-electron chi connectivity index (χ4n) is 2.60. The van der Waals surface area contributed by atoms with E-state index < -0.39 is 0 Å². The lowest BCUT2D eigenvalue weighted by molar-refractivity contribution is 0.137. The molecule has 19 heavy (non-hydrogen) atoms. The molecule has 0 fully saturated rings. The Labute approximate surface area is 121 Å². The molecule has 1 unspecified atom stereocenters. The molecule has 0 radical (unpaired) electrons. The lowest BCUT2D eigenvalue weighted by Gasteiger charge is -2.20. The van der Waals surface area contributed by atoms with Gasteiger partial charge >= 0.3 is 0 Å². The van der Waals surface area contributed by atoms with Gasteiger partial charge in [-0.2, -0.15) is 11.8 Å². The zero-order valence-corrected chi connectivity index (χ0v) is 13.3. The van der Waals surface area contributed by atoms with Crippen LogP contribution in [0.4, 0.5) is 0 Å². The summed E-state index contributed by atoms with van der Waals surface area (Å²) >= 11 is 1.90. The van der Waals surface area contributed by atoms with Crippen LogP contribution in [0.3, 0.4) is 0 Å². The summed E-state index contributed by atoms with van der Waals surface area (Å²) in [5.74, 6) is 2.27. The van der Waals surface area contributed by atoms with E-state index in [9.17, 15) is 0 Å². The van der Waals surface area contributed by atoms with Crippen molar-refractivity contribution >= 4 is 11.8 Å². The van der Waals surface area contributed by atoms with E-state index in [1.807, 2.05) is 11.8 Å². The molecule has 1 N–H and O–H groups in total. The first-order valence-corrected chi connectivity index (χ1v) is 8.47. The van der Waals surface area contributed by atoms with Crippen LogP contribution < -0.4 is 10.1 Å². The molecule has 0 spiro atoms. The first-order chi connectivity index (χ1) is 9.05. The molecule has 2 nitrogen and oxygen atoms in total. The molecular formula is C16H25NOS. The minimum atomic E-state index is -0.0537. The summed E-state index contributed by atoms with van der Waals surface area (Å²) in [5.41, 5.74) is 2.59. The highest BCUT2D eigenvalue weighted by molar-refractivity contribution is 7.98. The van der Waals surface area contributed by atoms with Crippen LogP contribution in [0, 0.1) is 0 Å². The van der Waals surface area contributed by atoms with E-state index in [1.165, 1.54) is 17.5 Å². The number of hydrogen-bond acceptors (Lipinski definition) is 3. The molecule has 1 atom stereocenters. The first-order valence-electron chi connectivity index (χ1n) is 7.08. The third-order valence-electron chi connectivity index (χ3n) is 3.61. The van der Waals surface area contributed by atoms with Crippen LogP contribution in [0.15, 0.2) is 18.2 Å². The van der Waals surface area contributed by atoms with Crippen molar-refractivity contribution in [1.29, 1.82) is 0 Å². The second-order valence-electron chi connectivity index (χ2n) is 5.89. The Kier molecular flexibility index (Phi) is 4.80. The van der Waals surface area contributed by atoms with Crippen molar-refractivity contribution in [3.63, 3.8) is 0 Å². The zero-order chi connectivity index (χ0) is 13.9. The van der Waals surface area contributed by atoms with Crippen molar-refractivity contribution in [2.45, 2.75) is 51.8 Å². The fraction of sp³-hybridized carbons (Fsp3) is 0.625. The fourth-order valence-corrected chi connectivity index (χ4v) is 3.35. The largest absolute Gasteiger partial charge is 0.487 e. The average molecular weight is 279 g/mol. The van der Waals surface area contributed by atoms with E-state index >= 15 is 0 Å². The van der Waals surface area contributed by atoms with Gasteiger partial charge in [-0.25, -0.2) is 0 Å². The summed E-state index contributed by atoms with van der Waals surface area (Å²) in [6.07, 6.45) is 4.34. The highest BCUT2D eigenvalue weighted by atomic mass is 32.2. The van der Waals surface area contributed by atoms with Crippen LogP contribution in [0.2, 0.25) is 0 Å². The summed E-state index contributed by atoms with van der Waals surface area (Å²) in [4.78, 5) is 0. The maximum atomic E-state index is 6.11. The van der Waals surface area contributed by atoms with E-state index in [2.05, 4.69) is 50.5 Å². The zero-order valence-electron chi connectivity index (χ0n) is 12.5. The molecule has 1 heterocycles. The first kappa shape index (κ1) is 14.7. The van der Waals surface area contributed by atoms with E-state index in [0.717, 1.165) is 24.5 Å². The molecule has 1 aromatic carbocycles. The minimum Gasteiger partial charge on any atom is -0.487 e. The molecule has 1 aromatic rings. The summed E-state index contributed by atoms with van der Waals surface area (Å²) in [6, 6.07) is 7.10. The molecular weight excluding hydrogens is 254 g/mol. The van der Waals surface area contributed by atoms with Crippen molar-refractivity contribution < 1.29 is 4.74 Å². The average Bonchev–Trinajstić information content (AvgIpc) is 2.68. The van der Waals surface area contributed by atoms with Gasteiger partial charge < -0.3 is 10.1 Å². The van der Waals surface area contributed by atoms with Gasteiger partial charge in [-0.3, -0.25) is 0 Å². The van der Waals surface area contributed by atoms with Crippen LogP contribution in [-0.2, 0) is 13.0 Å². The Morgan fingerprint density at radius 2 is 2.21 bits per heavy atom. The maximum absolute atomic E-state index is 6.11. The molecule has 2 rings (SSSR count). The predicted molar refractivity (Wildman–Crippen MR) is 84.2 cm³/mol. The number of hydrogen-bond donors (Lipinski definition) is 1. The van der Waals surface area contributed by atoms with E-state index in [0.29, 0.717) is 6.04 Å². The monoisotopic (exact) mass is 279 g/mol. The second-order valence-corrected chi connectivity index (χ2v) is 6.80. The van der Waals surface area contributed by atoms with Gasteiger partial charge in [-0.05, 0) is 32.1 Å². The molecule has 1 aliphatic rings. The Bertz CT molecular complexity index is 431. The number of ether oxygens (including phenoxy) is 1. The second kappa shape index (κ2) is 6.19. The Balaban J connectivity index is 2.05. The number of benzene rings is 1. The Morgan fingerprint density at radius 1 is 1.42 bits per heavy atom. The number of nitrogens with one attached hydrogen (secondary N) is 1. The van der Waals surface area contributed by atoms with Crippen LogP contribution in [0.25, 0.3) is 0 Å². The molecule has 0 saturated carbocycles. The SMILES string of the molecule is CCC(CSC)NCc1cccc2c1OC(C)(C)C2. The van der Waals surface area contributed by atoms with Crippen molar-refractivity contribution in [2.24, 2.45) is 0 Å². The van der Waals surface area contributed by atoms with Crippen molar-refractivity contribution in [1.82, 2.24) is 5.32 Å². The molecule has 3 heteroatoms. The van der Waals surface area contributed by atoms with Crippen molar-refractivity contribution in [3.8, 4) is 5.75 Å². The molecule has 106 valence electrons. The number of para-hydroxylation sites is 1. The van der Waals surface area contributed by atoms with Crippen LogP contribution in [0.5, 0.6) is 5.75 Å². The summed E-state index contributed by atoms with van der Waals surface area (Å²) in [7, 11) is 0. The lowest BCUT2D eigenvalue weighted by Crippen LogP contribution is -2.30. The summed E-state index contributed by atoms with van der Waals surface area (Å²) < 4.78 is 6.11. The molecule has 0 bridgehead atoms. The van der Waals surface area contributed by atoms with E-state index in [1.54, 1.807) is 0 Å². The maximum Gasteiger partial charge on any atom is 0.127 e. The molecule has 1 aliphatic heterocycles. The van der Waals surface area contributed by atoms with Gasteiger partial charge in [0.05, 0.1) is 0 Å². The third-order valence-corrected chi connectivity index (χ3v) is 4.35. The minimum absolute atomic E-state index is 0.0537. The lowest BCUT2D eigenvalue weighted by atomic mass is 10.0. The van der Waals surface area contributed by atoms with Crippen molar-refractivity contribution in [2.75, 3.05) is 12.0 Å². The van der Waals surface area contributed by atoms with Gasteiger partial charge in [0.2, 0.25) is 0 Å². The normalized spacial score (nSPS) is 17.9. The van der Waals surface area contributed by atoms with Crippen LogP contribution in [0.1, 0.15) is 38.3 Å². The van der Waals surface area contributed by atoms with Crippen molar-refractivity contribution in [3.05, 3.63) is 29.3 Å². The van der Waals surface area contributed by atoms with Gasteiger partial charge in [0.15, 0.2) is 0 Å². The van der Waals surface area contributed by atoms with Crippen LogP contribution >= 0.6 is 11.8 Å². The molecule has 0 saturated heterocycles. The van der Waals surface area contributed by atoms with E-state index in [4.69, 9.17) is 4.74 Å². The Hall–Kier alpha value is -0.670. The van der Waals surface area contributed by atoms with Gasteiger partial charge in [0.1, 0.15) is 11.4 Å². The smallest absolute Gasteiger partial charge is 0.127 e. The number of fused-ring (bicyclic) bond motifs is 1. The van der Waals surface area contributed by atoms with E-state index in [-0.39, 0.29) is 5.60 Å². The molecule has 0 aliphatic carbocycles. The highest BCUT2D eigenvalue weighted by Gasteiger charge is 2.31. The van der Waals surface area contributed by atoms with Gasteiger partial charge in [-0.15, -0.1) is 0 Å². The van der Waals surface area contributed by atoms with Gasteiger partial charge in [0, 0.05) is 30.3 Å². The molecule has 0 aromatic heterocycles. The quantitative estimate of drug-likeness (QED) is 0.859. The summed E-state index contributed by atoms with van der Waals surface area (Å²) in [5, 5.41) is 3.64. The number of rotatable bonds is 6.